The maximum Gasteiger partial charge on any atom is 0.254 e. The highest BCUT2D eigenvalue weighted by molar-refractivity contribution is 7.99. The summed E-state index contributed by atoms with van der Waals surface area (Å²) in [6.45, 7) is -0.0700. The highest BCUT2D eigenvalue weighted by Gasteiger charge is 2.46. The highest BCUT2D eigenvalue weighted by atomic mass is 35.5. The van der Waals surface area contributed by atoms with E-state index in [1.807, 2.05) is 54.9 Å². The van der Waals surface area contributed by atoms with Crippen molar-refractivity contribution in [1.29, 1.82) is 0 Å². The van der Waals surface area contributed by atoms with Gasteiger partial charge in [-0.25, -0.2) is 13.1 Å². The summed E-state index contributed by atoms with van der Waals surface area (Å²) in [6.07, 6.45) is 1.98. The third kappa shape index (κ3) is 11.6. The van der Waals surface area contributed by atoms with E-state index in [9.17, 15) is 33.6 Å². The Morgan fingerprint density at radius 1 is 1.06 bits per heavy atom. The Labute approximate surface area is 319 Å². The Bertz CT molecular complexity index is 1800. The second-order valence-electron chi connectivity index (χ2n) is 13.6. The van der Waals surface area contributed by atoms with E-state index in [4.69, 9.17) is 21.4 Å². The van der Waals surface area contributed by atoms with E-state index >= 15 is 0 Å². The highest BCUT2D eigenvalue weighted by Crippen LogP contribution is 2.50. The molecule has 1 heterocycles. The molecule has 0 aliphatic heterocycles. The number of amides is 1. The van der Waals surface area contributed by atoms with Crippen molar-refractivity contribution in [2.75, 3.05) is 38.2 Å². The molecule has 2 aliphatic rings. The average molecular weight is 793 g/mol. The SMILES string of the molecule is CS(=O)(=O)NCCCN(CCCSc1ccc(Cl)c(CNC2(c3cnccc3-c3ccccc3OC3CC3)CC2)c1)C(=O)C(O)C(O)C(O)C(O)CO. The minimum absolute atomic E-state index is 0.0506. The molecule has 3 aromatic rings. The van der Waals surface area contributed by atoms with Gasteiger partial charge < -0.3 is 40.5 Å². The summed E-state index contributed by atoms with van der Waals surface area (Å²) in [4.78, 5) is 19.9. The molecule has 290 valence electrons. The van der Waals surface area contributed by atoms with Gasteiger partial charge in [-0.1, -0.05) is 29.8 Å². The average Bonchev–Trinajstić information content (AvgIpc) is 4.10. The van der Waals surface area contributed by atoms with Gasteiger partial charge in [0.15, 0.2) is 6.10 Å². The zero-order chi connectivity index (χ0) is 38.2. The molecular weight excluding hydrogens is 744 g/mol. The van der Waals surface area contributed by atoms with E-state index in [-0.39, 0.29) is 37.7 Å². The van der Waals surface area contributed by atoms with Crippen LogP contribution in [0.3, 0.4) is 0 Å². The van der Waals surface area contributed by atoms with Gasteiger partial charge in [-0.05, 0) is 91.3 Å². The first kappa shape index (κ1) is 41.3. The van der Waals surface area contributed by atoms with E-state index in [1.165, 1.54) is 4.90 Å². The van der Waals surface area contributed by atoms with Crippen molar-refractivity contribution in [2.45, 2.75) is 86.0 Å². The van der Waals surface area contributed by atoms with Crippen molar-refractivity contribution >= 4 is 39.3 Å². The first-order chi connectivity index (χ1) is 25.3. The smallest absolute Gasteiger partial charge is 0.254 e. The first-order valence-electron chi connectivity index (χ1n) is 17.8. The molecule has 13 nitrogen and oxygen atoms in total. The number of ether oxygens (including phenoxy) is 1. The van der Waals surface area contributed by atoms with Crippen molar-refractivity contribution in [3.8, 4) is 16.9 Å². The predicted molar refractivity (Wildman–Crippen MR) is 203 cm³/mol. The third-order valence-electron chi connectivity index (χ3n) is 9.35. The van der Waals surface area contributed by atoms with Crippen molar-refractivity contribution in [3.63, 3.8) is 0 Å². The van der Waals surface area contributed by atoms with Crippen LogP contribution in [0.4, 0.5) is 0 Å². The Hall–Kier alpha value is -2.83. The number of nitrogens with zero attached hydrogens (tertiary/aromatic N) is 2. The zero-order valence-corrected chi connectivity index (χ0v) is 32.0. The number of carbonyl (C=O) groups excluding carboxylic acids is 1. The van der Waals surface area contributed by atoms with Gasteiger partial charge in [-0.2, -0.15) is 0 Å². The van der Waals surface area contributed by atoms with E-state index in [1.54, 1.807) is 11.8 Å². The van der Waals surface area contributed by atoms with Crippen LogP contribution in [0.25, 0.3) is 11.1 Å². The van der Waals surface area contributed by atoms with Crippen LogP contribution in [0, 0.1) is 0 Å². The second kappa shape index (κ2) is 18.7. The molecule has 2 fully saturated rings. The molecule has 5 rings (SSSR count). The topological polar surface area (TPSA) is 202 Å². The van der Waals surface area contributed by atoms with E-state index in [0.29, 0.717) is 23.7 Å². The van der Waals surface area contributed by atoms with Crippen LogP contribution in [0.15, 0.2) is 65.8 Å². The predicted octanol–water partition coefficient (Wildman–Crippen LogP) is 2.41. The lowest BCUT2D eigenvalue weighted by atomic mass is 9.94. The molecule has 1 aromatic heterocycles. The molecule has 4 atom stereocenters. The van der Waals surface area contributed by atoms with Gasteiger partial charge in [-0.3, -0.25) is 9.78 Å². The quantitative estimate of drug-likeness (QED) is 0.0580. The maximum absolute atomic E-state index is 13.1. The number of carbonyl (C=O) groups is 1. The zero-order valence-electron chi connectivity index (χ0n) is 29.6. The number of para-hydroxylation sites is 1. The minimum Gasteiger partial charge on any atom is -0.490 e. The fourth-order valence-corrected chi connectivity index (χ4v) is 7.63. The van der Waals surface area contributed by atoms with Gasteiger partial charge in [0.2, 0.25) is 10.0 Å². The van der Waals surface area contributed by atoms with Crippen molar-refractivity contribution in [1.82, 2.24) is 19.9 Å². The van der Waals surface area contributed by atoms with Crippen LogP contribution < -0.4 is 14.8 Å². The largest absolute Gasteiger partial charge is 0.490 e. The van der Waals surface area contributed by atoms with Gasteiger partial charge in [0, 0.05) is 59.6 Å². The summed E-state index contributed by atoms with van der Waals surface area (Å²) < 4.78 is 31.5. The molecule has 0 bridgehead atoms. The first-order valence-corrected chi connectivity index (χ1v) is 21.0. The standard InChI is InChI=1S/C37H49ClN4O9S2/c1-53(49,50)41-15-4-17-42(36(48)35(47)34(46)33(45)31(44)23-43)18-5-19-52-26-10-11-30(38)24(20-26)21-40-37(13-14-37)29-22-39-16-12-27(29)28-6-2-3-7-32(28)51-25-8-9-25/h2-3,6-7,10-12,16,20,22,25,31,33-35,40-41,43-47H,4-5,8-9,13-15,17-19,21,23H2,1H3. The number of benzene rings is 2. The lowest BCUT2D eigenvalue weighted by Gasteiger charge is -2.30. The summed E-state index contributed by atoms with van der Waals surface area (Å²) in [7, 11) is -3.45. The van der Waals surface area contributed by atoms with E-state index in [2.05, 4.69) is 21.1 Å². The molecule has 7 N–H and O–H groups in total. The van der Waals surface area contributed by atoms with Gasteiger partial charge in [0.25, 0.3) is 5.91 Å². The Balaban J connectivity index is 1.19. The molecule has 0 spiro atoms. The number of hydrogen-bond acceptors (Lipinski definition) is 12. The molecule has 2 saturated carbocycles. The molecule has 16 heteroatoms. The number of aliphatic hydroxyl groups is 5. The van der Waals surface area contributed by atoms with Crippen LogP contribution in [0.1, 0.15) is 49.7 Å². The lowest BCUT2D eigenvalue weighted by Crippen LogP contribution is -2.53. The Morgan fingerprint density at radius 2 is 1.79 bits per heavy atom. The number of thioether (sulfide) groups is 1. The molecule has 53 heavy (non-hydrogen) atoms. The van der Waals surface area contributed by atoms with Crippen molar-refractivity contribution < 1.29 is 43.5 Å². The number of hydrogen-bond donors (Lipinski definition) is 7. The van der Waals surface area contributed by atoms with Crippen LogP contribution >= 0.6 is 23.4 Å². The molecule has 1 amide bonds. The third-order valence-corrected chi connectivity index (χ3v) is 11.5. The monoisotopic (exact) mass is 792 g/mol. The fraction of sp³-hybridized carbons (Fsp3) is 0.514. The van der Waals surface area contributed by atoms with Gasteiger partial charge >= 0.3 is 0 Å². The van der Waals surface area contributed by atoms with Gasteiger partial charge in [-0.15, -0.1) is 11.8 Å². The molecule has 2 aromatic carbocycles. The Kier molecular flexibility index (Phi) is 14.6. The van der Waals surface area contributed by atoms with Crippen LogP contribution in [-0.4, -0.2) is 119 Å². The summed E-state index contributed by atoms with van der Waals surface area (Å²) in [5, 5.41) is 54.0. The van der Waals surface area contributed by atoms with E-state index < -0.39 is 47.0 Å². The van der Waals surface area contributed by atoms with Crippen molar-refractivity contribution in [2.24, 2.45) is 0 Å². The molecule has 2 aliphatic carbocycles. The number of sulfonamides is 1. The van der Waals surface area contributed by atoms with Gasteiger partial charge in [0.1, 0.15) is 24.1 Å². The second-order valence-corrected chi connectivity index (χ2v) is 17.1. The summed E-state index contributed by atoms with van der Waals surface area (Å²) in [6, 6.07) is 16.0. The summed E-state index contributed by atoms with van der Waals surface area (Å²) in [5.41, 5.74) is 3.95. The fourth-order valence-electron chi connectivity index (χ4n) is 6.04. The summed E-state index contributed by atoms with van der Waals surface area (Å²) in [5.74, 6) is 0.568. The normalized spacial score (nSPS) is 17.5. The summed E-state index contributed by atoms with van der Waals surface area (Å²) >= 11 is 8.23. The van der Waals surface area contributed by atoms with E-state index in [0.717, 1.165) is 64.8 Å². The van der Waals surface area contributed by atoms with Crippen LogP contribution in [-0.2, 0) is 26.9 Å². The number of aromatic nitrogens is 1. The number of nitrogens with one attached hydrogen (secondary N) is 2. The molecule has 0 saturated heterocycles. The number of halogens is 1. The number of aliphatic hydroxyl groups excluding tert-OH is 5. The number of pyridine rings is 1. The molecular formula is C37H49ClN4O9S2. The van der Waals surface area contributed by atoms with Gasteiger partial charge in [0.05, 0.1) is 19.0 Å². The lowest BCUT2D eigenvalue weighted by molar-refractivity contribution is -0.158. The van der Waals surface area contributed by atoms with Crippen molar-refractivity contribution in [3.05, 3.63) is 77.1 Å². The van der Waals surface area contributed by atoms with Crippen LogP contribution in [0.2, 0.25) is 5.02 Å². The molecule has 4 unspecified atom stereocenters. The maximum atomic E-state index is 13.1. The minimum atomic E-state index is -3.45. The molecule has 0 radical (unpaired) electrons. The Morgan fingerprint density at radius 3 is 2.49 bits per heavy atom. The number of rotatable bonds is 22. The van der Waals surface area contributed by atoms with Crippen LogP contribution in [0.5, 0.6) is 5.75 Å².